The number of aromatic nitrogens is 1. The first-order valence-corrected chi connectivity index (χ1v) is 10.1. The molecule has 11 heteroatoms. The Morgan fingerprint density at radius 3 is 2.59 bits per heavy atom. The number of nitrogens with zero attached hydrogens (tertiary/aromatic N) is 3. The number of hydrogen-bond acceptors (Lipinski definition) is 7. The van der Waals surface area contributed by atoms with Gasteiger partial charge in [0.2, 0.25) is 10.0 Å². The Morgan fingerprint density at radius 2 is 1.93 bits per heavy atom. The minimum absolute atomic E-state index is 0.263. The van der Waals surface area contributed by atoms with Gasteiger partial charge in [0.05, 0.1) is 15.5 Å². The van der Waals surface area contributed by atoms with Gasteiger partial charge < -0.3 is 9.42 Å². The Kier molecular flexibility index (Phi) is 4.55. The van der Waals surface area contributed by atoms with E-state index in [9.17, 15) is 22.9 Å². The summed E-state index contributed by atoms with van der Waals surface area (Å²) in [4.78, 5) is 12.3. The highest BCUT2D eigenvalue weighted by atomic mass is 32.2. The predicted molar refractivity (Wildman–Crippen MR) is 101 cm³/mol. The molecule has 4 rings (SSSR count). The molecule has 0 saturated carbocycles. The van der Waals surface area contributed by atoms with Gasteiger partial charge in [-0.25, -0.2) is 17.9 Å². The van der Waals surface area contributed by atoms with Gasteiger partial charge >= 0.3 is 0 Å². The van der Waals surface area contributed by atoms with E-state index in [1.807, 2.05) is 0 Å². The number of nitrogens with two attached hydrogens (primary N) is 1. The van der Waals surface area contributed by atoms with E-state index in [0.717, 1.165) is 17.3 Å². The summed E-state index contributed by atoms with van der Waals surface area (Å²) < 4.78 is 41.7. The quantitative estimate of drug-likeness (QED) is 0.508. The highest BCUT2D eigenvalue weighted by molar-refractivity contribution is 7.89. The van der Waals surface area contributed by atoms with Crippen LogP contribution in [0.1, 0.15) is 11.3 Å². The molecule has 0 aliphatic carbocycles. The number of sulfonamides is 1. The van der Waals surface area contributed by atoms with Crippen molar-refractivity contribution < 1.29 is 22.3 Å². The number of fused-ring (bicyclic) bond motifs is 1. The molecule has 0 radical (unpaired) electrons. The molecule has 0 bridgehead atoms. The van der Waals surface area contributed by atoms with E-state index < -0.39 is 14.9 Å². The molecule has 1 aromatic heterocycles. The van der Waals surface area contributed by atoms with Crippen molar-refractivity contribution in [2.75, 3.05) is 11.4 Å². The minimum atomic E-state index is -4.07. The highest BCUT2D eigenvalue weighted by Crippen LogP contribution is 2.36. The summed E-state index contributed by atoms with van der Waals surface area (Å²) in [5.74, 6) is 0.0860. The number of anilines is 1. The molecule has 2 N–H and O–H groups in total. The lowest BCUT2D eigenvalue weighted by Crippen LogP contribution is -2.31. The summed E-state index contributed by atoms with van der Waals surface area (Å²) in [5.41, 5.74) is 2.01. The van der Waals surface area contributed by atoms with E-state index >= 15 is 0 Å². The van der Waals surface area contributed by atoms with Crippen LogP contribution in [-0.4, -0.2) is 25.0 Å². The van der Waals surface area contributed by atoms with Crippen LogP contribution in [0.5, 0.6) is 0 Å². The van der Waals surface area contributed by atoms with Crippen molar-refractivity contribution in [2.24, 2.45) is 5.14 Å². The van der Waals surface area contributed by atoms with Gasteiger partial charge in [0.15, 0.2) is 5.76 Å². The van der Waals surface area contributed by atoms with Gasteiger partial charge in [0, 0.05) is 36.7 Å². The van der Waals surface area contributed by atoms with E-state index in [-0.39, 0.29) is 28.6 Å². The van der Waals surface area contributed by atoms with Crippen LogP contribution in [0.15, 0.2) is 51.9 Å². The molecule has 9 nitrogen and oxygen atoms in total. The maximum Gasteiger partial charge on any atom is 0.293 e. The van der Waals surface area contributed by atoms with Crippen LogP contribution in [0.2, 0.25) is 0 Å². The fourth-order valence-corrected chi connectivity index (χ4v) is 3.87. The van der Waals surface area contributed by atoms with E-state index in [4.69, 9.17) is 9.66 Å². The van der Waals surface area contributed by atoms with Gasteiger partial charge in [-0.3, -0.25) is 10.1 Å². The van der Waals surface area contributed by atoms with Crippen LogP contribution in [0, 0.1) is 15.9 Å². The van der Waals surface area contributed by atoms with Crippen LogP contribution in [0.3, 0.4) is 0 Å². The second-order valence-corrected chi connectivity index (χ2v) is 8.13. The van der Waals surface area contributed by atoms with Crippen molar-refractivity contribution in [1.82, 2.24) is 5.16 Å². The first-order valence-electron chi connectivity index (χ1n) is 8.53. The third kappa shape index (κ3) is 3.57. The Balaban J connectivity index is 1.73. The monoisotopic (exact) mass is 418 g/mol. The molecule has 2 aromatic carbocycles. The number of halogens is 1. The lowest BCUT2D eigenvalue weighted by molar-refractivity contribution is -0.384. The summed E-state index contributed by atoms with van der Waals surface area (Å²) in [5, 5.41) is 20.7. The zero-order valence-corrected chi connectivity index (χ0v) is 15.7. The fourth-order valence-electron chi connectivity index (χ4n) is 3.34. The van der Waals surface area contributed by atoms with E-state index in [2.05, 4.69) is 5.16 Å². The zero-order valence-electron chi connectivity index (χ0n) is 14.9. The summed E-state index contributed by atoms with van der Waals surface area (Å²) in [6.45, 7) is 0.694. The topological polar surface area (TPSA) is 133 Å². The van der Waals surface area contributed by atoms with Crippen LogP contribution >= 0.6 is 0 Å². The maximum atomic E-state index is 13.2. The van der Waals surface area contributed by atoms with Crippen molar-refractivity contribution in [3.8, 4) is 11.3 Å². The highest BCUT2D eigenvalue weighted by Gasteiger charge is 2.29. The van der Waals surface area contributed by atoms with Gasteiger partial charge in [0.1, 0.15) is 11.5 Å². The zero-order chi connectivity index (χ0) is 20.8. The van der Waals surface area contributed by atoms with Gasteiger partial charge in [-0.05, 0) is 36.4 Å². The van der Waals surface area contributed by atoms with Gasteiger partial charge in [-0.1, -0.05) is 5.16 Å². The van der Waals surface area contributed by atoms with Gasteiger partial charge in [-0.2, -0.15) is 0 Å². The molecular formula is C18H15FN4O5S. The first kappa shape index (κ1) is 19.0. The van der Waals surface area contributed by atoms with E-state index in [1.165, 1.54) is 24.3 Å². The van der Waals surface area contributed by atoms with E-state index in [0.29, 0.717) is 24.3 Å². The standard InChI is InChI=1S/C18H15FN4O5S/c19-12-3-1-11(2-4-12)18-14-10-22(8-7-15(14)21-28-18)16-6-5-13(29(20,26)27)9-17(16)23(24)25/h1-6,9H,7-8,10H2,(H2,20,26,27). The average Bonchev–Trinajstić information content (AvgIpc) is 3.10. The molecule has 0 atom stereocenters. The van der Waals surface area contributed by atoms with Crippen molar-refractivity contribution >= 4 is 21.4 Å². The van der Waals surface area contributed by atoms with Crippen LogP contribution < -0.4 is 10.0 Å². The van der Waals surface area contributed by atoms with Crippen molar-refractivity contribution in [2.45, 2.75) is 17.9 Å². The fraction of sp³-hybridized carbons (Fsp3) is 0.167. The average molecular weight is 418 g/mol. The predicted octanol–water partition coefficient (Wildman–Crippen LogP) is 2.60. The first-order chi connectivity index (χ1) is 13.7. The van der Waals surface area contributed by atoms with Crippen molar-refractivity contribution in [3.63, 3.8) is 0 Å². The number of nitro benzene ring substituents is 1. The summed E-state index contributed by atoms with van der Waals surface area (Å²) >= 11 is 0. The second kappa shape index (κ2) is 6.94. The number of primary sulfonamides is 1. The largest absolute Gasteiger partial charge is 0.361 e. The number of nitro groups is 1. The Bertz CT molecular complexity index is 1210. The third-order valence-electron chi connectivity index (χ3n) is 4.76. The normalized spacial score (nSPS) is 13.9. The molecule has 150 valence electrons. The molecule has 0 spiro atoms. The molecule has 1 aliphatic rings. The molecule has 0 saturated heterocycles. The third-order valence-corrected chi connectivity index (χ3v) is 5.67. The molecule has 29 heavy (non-hydrogen) atoms. The smallest absolute Gasteiger partial charge is 0.293 e. The Labute approximate surface area is 164 Å². The minimum Gasteiger partial charge on any atom is -0.361 e. The molecule has 0 unspecified atom stereocenters. The maximum absolute atomic E-state index is 13.2. The van der Waals surface area contributed by atoms with Crippen molar-refractivity contribution in [1.29, 1.82) is 0 Å². The summed E-state index contributed by atoms with van der Waals surface area (Å²) in [7, 11) is -4.07. The second-order valence-electron chi connectivity index (χ2n) is 6.57. The molecule has 2 heterocycles. The lowest BCUT2D eigenvalue weighted by Gasteiger charge is -2.28. The van der Waals surface area contributed by atoms with Gasteiger partial charge in [-0.15, -0.1) is 0 Å². The lowest BCUT2D eigenvalue weighted by atomic mass is 10.0. The number of rotatable bonds is 4. The Hall–Kier alpha value is -3.31. The van der Waals surface area contributed by atoms with Crippen molar-refractivity contribution in [3.05, 3.63) is 69.7 Å². The van der Waals surface area contributed by atoms with Gasteiger partial charge in [0.25, 0.3) is 5.69 Å². The van der Waals surface area contributed by atoms with Crippen LogP contribution in [-0.2, 0) is 23.0 Å². The molecule has 0 amide bonds. The Morgan fingerprint density at radius 1 is 1.21 bits per heavy atom. The molecular weight excluding hydrogens is 403 g/mol. The van der Waals surface area contributed by atoms with E-state index in [1.54, 1.807) is 17.0 Å². The van der Waals surface area contributed by atoms with Crippen LogP contribution in [0.4, 0.5) is 15.8 Å². The SMILES string of the molecule is NS(=O)(=O)c1ccc(N2CCc3noc(-c4ccc(F)cc4)c3C2)c([N+](=O)[O-])c1. The molecule has 0 fully saturated rings. The molecule has 1 aliphatic heterocycles. The summed E-state index contributed by atoms with van der Waals surface area (Å²) in [6, 6.07) is 9.31. The number of benzene rings is 2. The molecule has 3 aromatic rings. The summed E-state index contributed by atoms with van der Waals surface area (Å²) in [6.07, 6.45) is 0.480. The van der Waals surface area contributed by atoms with Crippen LogP contribution in [0.25, 0.3) is 11.3 Å². The number of hydrogen-bond donors (Lipinski definition) is 1.